The standard InChI is InChI=1S/C15H24N4O2/c1-11(2)19(10-14(17)20)9-5-8-15(21)18-13-7-4-3-6-12(13)16/h3-4,6-7,11H,5,8-10,16H2,1-2H3,(H2,17,20)(H,18,21). The molecule has 0 fully saturated rings. The van der Waals surface area contributed by atoms with Crippen molar-refractivity contribution in [2.75, 3.05) is 24.1 Å². The Kier molecular flexibility index (Phi) is 6.68. The predicted octanol–water partition coefficient (Wildman–Crippen LogP) is 1.18. The van der Waals surface area contributed by atoms with E-state index in [-0.39, 0.29) is 24.4 Å². The van der Waals surface area contributed by atoms with Crippen LogP contribution in [-0.4, -0.2) is 35.8 Å². The summed E-state index contributed by atoms with van der Waals surface area (Å²) in [4.78, 5) is 24.8. The SMILES string of the molecule is CC(C)N(CCCC(=O)Nc1ccccc1N)CC(N)=O. The van der Waals surface area contributed by atoms with E-state index in [0.717, 1.165) is 0 Å². The maximum Gasteiger partial charge on any atom is 0.231 e. The molecule has 1 aromatic carbocycles. The Bertz CT molecular complexity index is 488. The highest BCUT2D eigenvalue weighted by Crippen LogP contribution is 2.17. The summed E-state index contributed by atoms with van der Waals surface area (Å²) in [6.07, 6.45) is 1.03. The first-order valence-corrected chi connectivity index (χ1v) is 7.07. The summed E-state index contributed by atoms with van der Waals surface area (Å²) in [5.41, 5.74) is 12.1. The number of carbonyl (C=O) groups is 2. The van der Waals surface area contributed by atoms with Crippen LogP contribution >= 0.6 is 0 Å². The van der Waals surface area contributed by atoms with Crippen LogP contribution in [0.4, 0.5) is 11.4 Å². The van der Waals surface area contributed by atoms with Crippen molar-refractivity contribution in [2.24, 2.45) is 5.73 Å². The summed E-state index contributed by atoms with van der Waals surface area (Å²) in [5, 5.41) is 2.78. The van der Waals surface area contributed by atoms with Crippen LogP contribution in [0.15, 0.2) is 24.3 Å². The van der Waals surface area contributed by atoms with Crippen LogP contribution in [0.2, 0.25) is 0 Å². The highest BCUT2D eigenvalue weighted by atomic mass is 16.2. The molecule has 0 unspecified atom stereocenters. The number of rotatable bonds is 8. The fourth-order valence-electron chi connectivity index (χ4n) is 1.99. The minimum atomic E-state index is -0.356. The third kappa shape index (κ3) is 6.27. The van der Waals surface area contributed by atoms with Crippen LogP contribution in [0.3, 0.4) is 0 Å². The molecule has 0 saturated heterocycles. The molecule has 0 radical (unpaired) electrons. The van der Waals surface area contributed by atoms with Gasteiger partial charge in [-0.2, -0.15) is 0 Å². The van der Waals surface area contributed by atoms with E-state index in [0.29, 0.717) is 30.8 Å². The van der Waals surface area contributed by atoms with Gasteiger partial charge in [0.15, 0.2) is 0 Å². The minimum absolute atomic E-state index is 0.0873. The fourth-order valence-corrected chi connectivity index (χ4v) is 1.99. The molecule has 0 atom stereocenters. The molecule has 0 aromatic heterocycles. The van der Waals surface area contributed by atoms with Gasteiger partial charge in [-0.25, -0.2) is 0 Å². The Hall–Kier alpha value is -2.08. The minimum Gasteiger partial charge on any atom is -0.397 e. The van der Waals surface area contributed by atoms with Crippen molar-refractivity contribution in [3.05, 3.63) is 24.3 Å². The van der Waals surface area contributed by atoms with E-state index < -0.39 is 0 Å². The zero-order valence-corrected chi connectivity index (χ0v) is 12.6. The van der Waals surface area contributed by atoms with Crippen LogP contribution in [0.1, 0.15) is 26.7 Å². The van der Waals surface area contributed by atoms with Gasteiger partial charge in [-0.15, -0.1) is 0 Å². The molecule has 0 saturated carbocycles. The lowest BCUT2D eigenvalue weighted by Gasteiger charge is -2.24. The van der Waals surface area contributed by atoms with Crippen molar-refractivity contribution in [2.45, 2.75) is 32.7 Å². The molecule has 5 N–H and O–H groups in total. The molecular weight excluding hydrogens is 268 g/mol. The maximum absolute atomic E-state index is 11.9. The van der Waals surface area contributed by atoms with E-state index in [1.54, 1.807) is 12.1 Å². The van der Waals surface area contributed by atoms with E-state index in [9.17, 15) is 9.59 Å². The van der Waals surface area contributed by atoms with Gasteiger partial charge in [-0.3, -0.25) is 14.5 Å². The van der Waals surface area contributed by atoms with Crippen molar-refractivity contribution < 1.29 is 9.59 Å². The lowest BCUT2D eigenvalue weighted by molar-refractivity contribution is -0.119. The topological polar surface area (TPSA) is 101 Å². The molecule has 0 heterocycles. The number of benzene rings is 1. The van der Waals surface area contributed by atoms with Gasteiger partial charge in [0, 0.05) is 12.5 Å². The zero-order valence-electron chi connectivity index (χ0n) is 12.6. The smallest absolute Gasteiger partial charge is 0.231 e. The first-order chi connectivity index (χ1) is 9.90. The number of para-hydroxylation sites is 2. The van der Waals surface area contributed by atoms with Gasteiger partial charge in [-0.1, -0.05) is 12.1 Å². The van der Waals surface area contributed by atoms with Crippen LogP contribution in [0.5, 0.6) is 0 Å². The van der Waals surface area contributed by atoms with Gasteiger partial charge < -0.3 is 16.8 Å². The largest absolute Gasteiger partial charge is 0.397 e. The van der Waals surface area contributed by atoms with Gasteiger partial charge in [-0.05, 0) is 38.9 Å². The molecule has 6 nitrogen and oxygen atoms in total. The van der Waals surface area contributed by atoms with Crippen LogP contribution in [0.25, 0.3) is 0 Å². The summed E-state index contributed by atoms with van der Waals surface area (Å²) >= 11 is 0. The monoisotopic (exact) mass is 292 g/mol. The number of hydrogen-bond acceptors (Lipinski definition) is 4. The molecule has 1 rings (SSSR count). The quantitative estimate of drug-likeness (QED) is 0.626. The number of nitrogens with one attached hydrogen (secondary N) is 1. The average Bonchev–Trinajstić information content (AvgIpc) is 2.39. The van der Waals surface area contributed by atoms with Gasteiger partial charge >= 0.3 is 0 Å². The Morgan fingerprint density at radius 3 is 2.52 bits per heavy atom. The van der Waals surface area contributed by atoms with E-state index >= 15 is 0 Å². The number of primary amides is 1. The molecule has 0 aliphatic heterocycles. The molecule has 0 bridgehead atoms. The lowest BCUT2D eigenvalue weighted by Crippen LogP contribution is -2.39. The molecule has 0 aliphatic rings. The Morgan fingerprint density at radius 2 is 1.95 bits per heavy atom. The zero-order chi connectivity index (χ0) is 15.8. The molecule has 21 heavy (non-hydrogen) atoms. The summed E-state index contributed by atoms with van der Waals surface area (Å²) in [5.74, 6) is -0.444. The summed E-state index contributed by atoms with van der Waals surface area (Å²) in [6.45, 7) is 4.85. The van der Waals surface area contributed by atoms with Gasteiger partial charge in [0.1, 0.15) is 0 Å². The van der Waals surface area contributed by atoms with E-state index in [1.807, 2.05) is 30.9 Å². The van der Waals surface area contributed by atoms with Crippen molar-refractivity contribution in [1.29, 1.82) is 0 Å². The van der Waals surface area contributed by atoms with E-state index in [2.05, 4.69) is 5.32 Å². The second-order valence-electron chi connectivity index (χ2n) is 5.27. The third-order valence-corrected chi connectivity index (χ3v) is 3.17. The summed E-state index contributed by atoms with van der Waals surface area (Å²) < 4.78 is 0. The normalized spacial score (nSPS) is 10.9. The number of amides is 2. The first-order valence-electron chi connectivity index (χ1n) is 7.07. The number of nitrogen functional groups attached to an aromatic ring is 1. The summed E-state index contributed by atoms with van der Waals surface area (Å²) in [6, 6.07) is 7.35. The molecule has 0 spiro atoms. The molecule has 6 heteroatoms. The predicted molar refractivity (Wildman–Crippen MR) is 84.6 cm³/mol. The number of carbonyl (C=O) groups excluding carboxylic acids is 2. The van der Waals surface area contributed by atoms with Crippen LogP contribution in [-0.2, 0) is 9.59 Å². The van der Waals surface area contributed by atoms with Gasteiger partial charge in [0.2, 0.25) is 11.8 Å². The Morgan fingerprint density at radius 1 is 1.29 bits per heavy atom. The Balaban J connectivity index is 2.39. The van der Waals surface area contributed by atoms with Crippen molar-refractivity contribution in [3.8, 4) is 0 Å². The number of hydrogen-bond donors (Lipinski definition) is 3. The van der Waals surface area contributed by atoms with E-state index in [1.165, 1.54) is 0 Å². The molecular formula is C15H24N4O2. The van der Waals surface area contributed by atoms with Gasteiger partial charge in [0.25, 0.3) is 0 Å². The molecule has 0 aliphatic carbocycles. The number of nitrogens with two attached hydrogens (primary N) is 2. The highest BCUT2D eigenvalue weighted by molar-refractivity contribution is 5.93. The molecule has 116 valence electrons. The lowest BCUT2D eigenvalue weighted by atomic mass is 10.2. The highest BCUT2D eigenvalue weighted by Gasteiger charge is 2.12. The fraction of sp³-hybridized carbons (Fsp3) is 0.467. The maximum atomic E-state index is 11.9. The van der Waals surface area contributed by atoms with Crippen LogP contribution < -0.4 is 16.8 Å². The third-order valence-electron chi connectivity index (χ3n) is 3.17. The van der Waals surface area contributed by atoms with Crippen molar-refractivity contribution in [3.63, 3.8) is 0 Å². The van der Waals surface area contributed by atoms with E-state index in [4.69, 9.17) is 11.5 Å². The summed E-state index contributed by atoms with van der Waals surface area (Å²) in [7, 11) is 0. The second kappa shape index (κ2) is 8.26. The number of anilines is 2. The Labute approximate surface area is 125 Å². The first kappa shape index (κ1) is 17.0. The number of nitrogens with zero attached hydrogens (tertiary/aromatic N) is 1. The van der Waals surface area contributed by atoms with Crippen LogP contribution in [0, 0.1) is 0 Å². The molecule has 2 amide bonds. The molecule has 1 aromatic rings. The van der Waals surface area contributed by atoms with Crippen molar-refractivity contribution >= 4 is 23.2 Å². The average molecular weight is 292 g/mol. The van der Waals surface area contributed by atoms with Crippen molar-refractivity contribution in [1.82, 2.24) is 4.90 Å². The second-order valence-corrected chi connectivity index (χ2v) is 5.27. The van der Waals surface area contributed by atoms with Gasteiger partial charge in [0.05, 0.1) is 17.9 Å².